The number of rotatable bonds is 3. The topological polar surface area (TPSA) is 12.5 Å². The number of hydrogen-bond acceptors (Lipinski definition) is 2. The fraction of sp³-hybridized carbons (Fsp3) is 0.500. The Labute approximate surface area is 99.4 Å². The maximum atomic E-state index is 5.27. The Morgan fingerprint density at radius 2 is 1.93 bits per heavy atom. The van der Waals surface area contributed by atoms with E-state index in [9.17, 15) is 0 Å². The number of likely N-dealkylation sites (tertiary alicyclic amines) is 1. The highest BCUT2D eigenvalue weighted by Gasteiger charge is 2.30. The van der Waals surface area contributed by atoms with E-state index in [4.69, 9.17) is 4.74 Å². The summed E-state index contributed by atoms with van der Waals surface area (Å²) in [6, 6.07) is 9.03. The minimum absolute atomic E-state index is 0.433. The van der Waals surface area contributed by atoms with E-state index in [1.165, 1.54) is 5.56 Å². The molecule has 1 atom stereocenters. The molecule has 0 amide bonds. The molecule has 3 heteroatoms. The van der Waals surface area contributed by atoms with Crippen LogP contribution in [0.1, 0.15) is 18.5 Å². The normalized spacial score (nSPS) is 19.9. The molecular formula is C12H16BrNO. The fourth-order valence-electron chi connectivity index (χ4n) is 1.89. The summed E-state index contributed by atoms with van der Waals surface area (Å²) in [5.74, 6) is 0. The molecule has 0 saturated carbocycles. The number of benzene rings is 1. The van der Waals surface area contributed by atoms with Crippen LogP contribution in [0.4, 0.5) is 0 Å². The maximum absolute atomic E-state index is 5.27. The van der Waals surface area contributed by atoms with Crippen LogP contribution in [0.5, 0.6) is 0 Å². The van der Waals surface area contributed by atoms with Crippen LogP contribution in [0.2, 0.25) is 0 Å². The van der Waals surface area contributed by atoms with Gasteiger partial charge in [0.1, 0.15) is 0 Å². The molecule has 1 heterocycles. The minimum Gasteiger partial charge on any atom is -0.379 e. The van der Waals surface area contributed by atoms with Gasteiger partial charge in [-0.05, 0) is 24.6 Å². The van der Waals surface area contributed by atoms with Crippen LogP contribution in [0, 0.1) is 0 Å². The molecule has 0 N–H and O–H groups in total. The maximum Gasteiger partial charge on any atom is 0.0825 e. The van der Waals surface area contributed by atoms with Crippen molar-refractivity contribution in [1.29, 1.82) is 0 Å². The highest BCUT2D eigenvalue weighted by molar-refractivity contribution is 9.10. The first-order valence-electron chi connectivity index (χ1n) is 5.23. The van der Waals surface area contributed by atoms with Crippen molar-refractivity contribution in [2.45, 2.75) is 19.1 Å². The van der Waals surface area contributed by atoms with Crippen molar-refractivity contribution >= 4 is 15.9 Å². The van der Waals surface area contributed by atoms with Crippen molar-refractivity contribution in [1.82, 2.24) is 4.90 Å². The average Bonchev–Trinajstić information content (AvgIpc) is 2.17. The summed E-state index contributed by atoms with van der Waals surface area (Å²) in [5.41, 5.74) is 1.37. The molecule has 0 radical (unpaired) electrons. The van der Waals surface area contributed by atoms with Gasteiger partial charge in [0.25, 0.3) is 0 Å². The summed E-state index contributed by atoms with van der Waals surface area (Å²) in [7, 11) is 1.78. The molecular weight excluding hydrogens is 254 g/mol. The molecule has 1 aromatic carbocycles. The zero-order valence-electron chi connectivity index (χ0n) is 9.11. The number of ether oxygens (including phenoxy) is 1. The largest absolute Gasteiger partial charge is 0.379 e. The number of hydrogen-bond donors (Lipinski definition) is 0. The lowest BCUT2D eigenvalue weighted by atomic mass is 10.0. The molecule has 1 aliphatic heterocycles. The van der Waals surface area contributed by atoms with Crippen LogP contribution in [-0.2, 0) is 4.74 Å². The van der Waals surface area contributed by atoms with Gasteiger partial charge in [0.05, 0.1) is 6.10 Å². The number of nitrogens with zero attached hydrogens (tertiary/aromatic N) is 1. The summed E-state index contributed by atoms with van der Waals surface area (Å²) in [4.78, 5) is 2.43. The van der Waals surface area contributed by atoms with E-state index >= 15 is 0 Å². The lowest BCUT2D eigenvalue weighted by Crippen LogP contribution is -2.52. The fourth-order valence-corrected chi connectivity index (χ4v) is 2.15. The summed E-state index contributed by atoms with van der Waals surface area (Å²) in [6.45, 7) is 4.34. The second-order valence-electron chi connectivity index (χ2n) is 4.04. The van der Waals surface area contributed by atoms with E-state index in [2.05, 4.69) is 52.0 Å². The summed E-state index contributed by atoms with van der Waals surface area (Å²) >= 11 is 3.45. The van der Waals surface area contributed by atoms with Crippen molar-refractivity contribution in [3.8, 4) is 0 Å². The summed E-state index contributed by atoms with van der Waals surface area (Å²) < 4.78 is 6.41. The van der Waals surface area contributed by atoms with E-state index in [1.54, 1.807) is 7.11 Å². The average molecular weight is 270 g/mol. The molecule has 0 aliphatic carbocycles. The monoisotopic (exact) mass is 269 g/mol. The number of halogens is 1. The Morgan fingerprint density at radius 1 is 1.33 bits per heavy atom. The van der Waals surface area contributed by atoms with Crippen LogP contribution in [0.3, 0.4) is 0 Å². The standard InChI is InChI=1S/C12H16BrNO/c1-9(14-7-12(8-14)15-2)10-3-5-11(13)6-4-10/h3-6,9,12H,7-8H2,1-2H3. The van der Waals surface area contributed by atoms with E-state index in [0.717, 1.165) is 17.6 Å². The van der Waals surface area contributed by atoms with E-state index in [1.807, 2.05) is 0 Å². The van der Waals surface area contributed by atoms with Gasteiger partial charge >= 0.3 is 0 Å². The molecule has 1 aromatic rings. The van der Waals surface area contributed by atoms with Gasteiger partial charge in [0.2, 0.25) is 0 Å². The van der Waals surface area contributed by atoms with E-state index in [0.29, 0.717) is 12.1 Å². The predicted molar refractivity (Wildman–Crippen MR) is 64.9 cm³/mol. The van der Waals surface area contributed by atoms with E-state index in [-0.39, 0.29) is 0 Å². The van der Waals surface area contributed by atoms with E-state index < -0.39 is 0 Å². The van der Waals surface area contributed by atoms with Crippen molar-refractivity contribution in [2.24, 2.45) is 0 Å². The molecule has 15 heavy (non-hydrogen) atoms. The quantitative estimate of drug-likeness (QED) is 0.837. The smallest absolute Gasteiger partial charge is 0.0825 e. The molecule has 1 unspecified atom stereocenters. The first-order valence-corrected chi connectivity index (χ1v) is 6.02. The molecule has 0 aromatic heterocycles. The minimum atomic E-state index is 0.433. The van der Waals surface area contributed by atoms with Crippen LogP contribution in [0.25, 0.3) is 0 Å². The highest BCUT2D eigenvalue weighted by atomic mass is 79.9. The van der Waals surface area contributed by atoms with Gasteiger partial charge < -0.3 is 4.74 Å². The second kappa shape index (κ2) is 4.64. The second-order valence-corrected chi connectivity index (χ2v) is 4.95. The van der Waals surface area contributed by atoms with Gasteiger partial charge in [0, 0.05) is 30.7 Å². The summed E-state index contributed by atoms with van der Waals surface area (Å²) in [6.07, 6.45) is 0.433. The molecule has 82 valence electrons. The van der Waals surface area contributed by atoms with Crippen molar-refractivity contribution in [2.75, 3.05) is 20.2 Å². The third-order valence-corrected chi connectivity index (χ3v) is 3.64. The van der Waals surface area contributed by atoms with Gasteiger partial charge in [-0.2, -0.15) is 0 Å². The predicted octanol–water partition coefficient (Wildman–Crippen LogP) is 2.84. The molecule has 1 saturated heterocycles. The summed E-state index contributed by atoms with van der Waals surface area (Å²) in [5, 5.41) is 0. The molecule has 2 nitrogen and oxygen atoms in total. The van der Waals surface area contributed by atoms with Gasteiger partial charge in [-0.25, -0.2) is 0 Å². The zero-order valence-corrected chi connectivity index (χ0v) is 10.7. The van der Waals surface area contributed by atoms with Crippen molar-refractivity contribution in [3.63, 3.8) is 0 Å². The molecule has 1 aliphatic rings. The van der Waals surface area contributed by atoms with Gasteiger partial charge in [-0.1, -0.05) is 28.1 Å². The first kappa shape index (κ1) is 11.1. The SMILES string of the molecule is COC1CN(C(C)c2ccc(Br)cc2)C1. The Morgan fingerprint density at radius 3 is 2.47 bits per heavy atom. The highest BCUT2D eigenvalue weighted by Crippen LogP contribution is 2.27. The Hall–Kier alpha value is -0.380. The molecule has 0 bridgehead atoms. The lowest BCUT2D eigenvalue weighted by molar-refractivity contribution is -0.0479. The zero-order chi connectivity index (χ0) is 10.8. The third-order valence-electron chi connectivity index (χ3n) is 3.11. The molecule has 1 fully saturated rings. The Bertz CT molecular complexity index is 319. The lowest BCUT2D eigenvalue weighted by Gasteiger charge is -2.42. The van der Waals surface area contributed by atoms with Gasteiger partial charge in [0.15, 0.2) is 0 Å². The van der Waals surface area contributed by atoms with Crippen LogP contribution in [0.15, 0.2) is 28.7 Å². The van der Waals surface area contributed by atoms with Crippen molar-refractivity contribution < 1.29 is 4.74 Å². The molecule has 2 rings (SSSR count). The van der Waals surface area contributed by atoms with Gasteiger partial charge in [-0.15, -0.1) is 0 Å². The Kier molecular flexibility index (Phi) is 3.44. The first-order chi connectivity index (χ1) is 7.20. The van der Waals surface area contributed by atoms with Crippen LogP contribution >= 0.6 is 15.9 Å². The van der Waals surface area contributed by atoms with Crippen LogP contribution in [-0.4, -0.2) is 31.2 Å². The number of methoxy groups -OCH3 is 1. The van der Waals surface area contributed by atoms with Crippen LogP contribution < -0.4 is 0 Å². The Balaban J connectivity index is 1.97. The third kappa shape index (κ3) is 2.41. The van der Waals surface area contributed by atoms with Crippen molar-refractivity contribution in [3.05, 3.63) is 34.3 Å². The molecule has 0 spiro atoms. The van der Waals surface area contributed by atoms with Gasteiger partial charge in [-0.3, -0.25) is 4.90 Å².